The number of nitrogens with zero attached hydrogens (tertiary/aromatic N) is 1. The monoisotopic (exact) mass is 262 g/mol. The van der Waals surface area contributed by atoms with Gasteiger partial charge in [0.25, 0.3) is 0 Å². The van der Waals surface area contributed by atoms with Gasteiger partial charge < -0.3 is 15.0 Å². The maximum atomic E-state index is 5.52. The Labute approximate surface area is 116 Å². The zero-order valence-electron chi connectivity index (χ0n) is 12.2. The van der Waals surface area contributed by atoms with E-state index in [1.54, 1.807) is 0 Å². The van der Waals surface area contributed by atoms with Crippen molar-refractivity contribution in [3.63, 3.8) is 0 Å². The summed E-state index contributed by atoms with van der Waals surface area (Å²) in [5.41, 5.74) is 1.30. The predicted octanol–water partition coefficient (Wildman–Crippen LogP) is 2.52. The molecular weight excluding hydrogens is 236 g/mol. The highest BCUT2D eigenvalue weighted by Gasteiger charge is 2.20. The molecule has 1 aliphatic heterocycles. The molecule has 0 spiro atoms. The lowest BCUT2D eigenvalue weighted by Crippen LogP contribution is -2.26. The fourth-order valence-electron chi connectivity index (χ4n) is 2.70. The van der Waals surface area contributed by atoms with Crippen LogP contribution < -0.4 is 10.1 Å². The molecule has 0 saturated carbocycles. The Balaban J connectivity index is 1.72. The van der Waals surface area contributed by atoms with Gasteiger partial charge in [0.1, 0.15) is 5.75 Å². The van der Waals surface area contributed by atoms with E-state index in [1.165, 1.54) is 31.6 Å². The third kappa shape index (κ3) is 4.51. The molecule has 1 heterocycles. The normalized spacial score (nSPS) is 19.8. The van der Waals surface area contributed by atoms with E-state index in [9.17, 15) is 0 Å². The van der Waals surface area contributed by atoms with Crippen LogP contribution >= 0.6 is 0 Å². The number of hydrogen-bond donors (Lipinski definition) is 1. The van der Waals surface area contributed by atoms with Crippen molar-refractivity contribution in [3.05, 3.63) is 29.8 Å². The van der Waals surface area contributed by atoms with Crippen molar-refractivity contribution in [2.24, 2.45) is 5.92 Å². The van der Waals surface area contributed by atoms with E-state index in [4.69, 9.17) is 4.74 Å². The molecule has 3 nitrogen and oxygen atoms in total. The smallest absolute Gasteiger partial charge is 0.119 e. The van der Waals surface area contributed by atoms with Gasteiger partial charge in [-0.15, -0.1) is 0 Å². The van der Waals surface area contributed by atoms with Crippen molar-refractivity contribution in [1.82, 2.24) is 10.2 Å². The average Bonchev–Trinajstić information content (AvgIpc) is 2.88. The van der Waals surface area contributed by atoms with E-state index in [2.05, 4.69) is 35.3 Å². The number of rotatable bonds is 7. The second-order valence-corrected chi connectivity index (χ2v) is 5.26. The molecular formula is C16H26N2O. The lowest BCUT2D eigenvalue weighted by molar-refractivity contribution is 0.337. The molecule has 1 N–H and O–H groups in total. The molecule has 1 fully saturated rings. The van der Waals surface area contributed by atoms with Crippen LogP contribution in [0.1, 0.15) is 25.8 Å². The maximum Gasteiger partial charge on any atom is 0.119 e. The first-order valence-corrected chi connectivity index (χ1v) is 7.46. The zero-order chi connectivity index (χ0) is 13.5. The van der Waals surface area contributed by atoms with E-state index >= 15 is 0 Å². The Kier molecular flexibility index (Phi) is 5.67. The molecule has 1 atom stereocenters. The topological polar surface area (TPSA) is 24.5 Å². The highest BCUT2D eigenvalue weighted by atomic mass is 16.5. The average molecular weight is 262 g/mol. The van der Waals surface area contributed by atoms with Crippen LogP contribution in [0.15, 0.2) is 24.3 Å². The quantitative estimate of drug-likeness (QED) is 0.817. The van der Waals surface area contributed by atoms with Gasteiger partial charge in [0.2, 0.25) is 0 Å². The van der Waals surface area contributed by atoms with Gasteiger partial charge in [-0.05, 0) is 56.6 Å². The first-order chi connectivity index (χ1) is 9.31. The van der Waals surface area contributed by atoms with Crippen molar-refractivity contribution >= 4 is 0 Å². The Morgan fingerprint density at radius 3 is 3.00 bits per heavy atom. The van der Waals surface area contributed by atoms with Crippen molar-refractivity contribution in [2.45, 2.75) is 26.8 Å². The van der Waals surface area contributed by atoms with Crippen LogP contribution in [0, 0.1) is 5.92 Å². The van der Waals surface area contributed by atoms with Crippen molar-refractivity contribution in [1.29, 1.82) is 0 Å². The van der Waals surface area contributed by atoms with E-state index < -0.39 is 0 Å². The Morgan fingerprint density at radius 1 is 1.37 bits per heavy atom. The molecule has 0 aromatic heterocycles. The van der Waals surface area contributed by atoms with Gasteiger partial charge >= 0.3 is 0 Å². The van der Waals surface area contributed by atoms with E-state index in [0.29, 0.717) is 0 Å². The van der Waals surface area contributed by atoms with Crippen LogP contribution in [0.2, 0.25) is 0 Å². The first kappa shape index (κ1) is 14.4. The first-order valence-electron chi connectivity index (χ1n) is 7.46. The summed E-state index contributed by atoms with van der Waals surface area (Å²) in [7, 11) is 0. The summed E-state index contributed by atoms with van der Waals surface area (Å²) < 4.78 is 5.52. The molecule has 1 saturated heterocycles. The lowest BCUT2D eigenvalue weighted by Gasteiger charge is -2.14. The zero-order valence-corrected chi connectivity index (χ0v) is 12.2. The molecule has 1 aliphatic rings. The summed E-state index contributed by atoms with van der Waals surface area (Å²) >= 11 is 0. The number of nitrogens with one attached hydrogen (secondary N) is 1. The van der Waals surface area contributed by atoms with Crippen LogP contribution in [-0.2, 0) is 6.54 Å². The maximum absolute atomic E-state index is 5.52. The van der Waals surface area contributed by atoms with Gasteiger partial charge in [-0.25, -0.2) is 0 Å². The number of likely N-dealkylation sites (tertiary alicyclic amines) is 1. The molecule has 1 aromatic rings. The van der Waals surface area contributed by atoms with Gasteiger partial charge in [-0.2, -0.15) is 0 Å². The van der Waals surface area contributed by atoms with Crippen LogP contribution in [-0.4, -0.2) is 37.7 Å². The highest BCUT2D eigenvalue weighted by molar-refractivity contribution is 5.28. The summed E-state index contributed by atoms with van der Waals surface area (Å²) in [6, 6.07) is 8.37. The summed E-state index contributed by atoms with van der Waals surface area (Å²) in [6.07, 6.45) is 1.33. The van der Waals surface area contributed by atoms with E-state index in [0.717, 1.165) is 31.4 Å². The third-order valence-corrected chi connectivity index (χ3v) is 3.79. The third-order valence-electron chi connectivity index (χ3n) is 3.79. The summed E-state index contributed by atoms with van der Waals surface area (Å²) in [4.78, 5) is 2.53. The molecule has 0 amide bonds. The van der Waals surface area contributed by atoms with Gasteiger partial charge in [0, 0.05) is 13.1 Å². The van der Waals surface area contributed by atoms with Crippen LogP contribution in [0.5, 0.6) is 5.75 Å². The Morgan fingerprint density at radius 2 is 2.26 bits per heavy atom. The second kappa shape index (κ2) is 7.51. The standard InChI is InChI=1S/C16H26N2O/c1-3-18-9-8-15(13-18)12-17-11-14-6-5-7-16(10-14)19-4-2/h5-7,10,15,17H,3-4,8-9,11-13H2,1-2H3. The lowest BCUT2D eigenvalue weighted by atomic mass is 10.1. The summed E-state index contributed by atoms with van der Waals surface area (Å²) in [6.45, 7) is 10.8. The predicted molar refractivity (Wildman–Crippen MR) is 79.5 cm³/mol. The summed E-state index contributed by atoms with van der Waals surface area (Å²) in [5, 5.41) is 3.58. The van der Waals surface area contributed by atoms with Crippen molar-refractivity contribution in [3.8, 4) is 5.75 Å². The molecule has 0 bridgehead atoms. The number of ether oxygens (including phenoxy) is 1. The van der Waals surface area contributed by atoms with Gasteiger partial charge in [-0.3, -0.25) is 0 Å². The minimum atomic E-state index is 0.728. The fourth-order valence-corrected chi connectivity index (χ4v) is 2.70. The number of hydrogen-bond acceptors (Lipinski definition) is 3. The minimum Gasteiger partial charge on any atom is -0.494 e. The Bertz CT molecular complexity index is 381. The van der Waals surface area contributed by atoms with Crippen LogP contribution in [0.25, 0.3) is 0 Å². The molecule has 19 heavy (non-hydrogen) atoms. The molecule has 3 heteroatoms. The molecule has 1 aromatic carbocycles. The molecule has 2 rings (SSSR count). The summed E-state index contributed by atoms with van der Waals surface area (Å²) in [5.74, 6) is 1.79. The van der Waals surface area contributed by atoms with Crippen LogP contribution in [0.4, 0.5) is 0 Å². The largest absolute Gasteiger partial charge is 0.494 e. The van der Waals surface area contributed by atoms with Crippen molar-refractivity contribution < 1.29 is 4.74 Å². The van der Waals surface area contributed by atoms with Gasteiger partial charge in [-0.1, -0.05) is 19.1 Å². The van der Waals surface area contributed by atoms with Crippen molar-refractivity contribution in [2.75, 3.05) is 32.8 Å². The highest BCUT2D eigenvalue weighted by Crippen LogP contribution is 2.16. The molecule has 0 radical (unpaired) electrons. The van der Waals surface area contributed by atoms with E-state index in [-0.39, 0.29) is 0 Å². The number of benzene rings is 1. The SMILES string of the molecule is CCOc1cccc(CNCC2CCN(CC)C2)c1. The second-order valence-electron chi connectivity index (χ2n) is 5.26. The molecule has 0 aliphatic carbocycles. The molecule has 1 unspecified atom stereocenters. The van der Waals surface area contributed by atoms with E-state index in [1.807, 2.05) is 13.0 Å². The van der Waals surface area contributed by atoms with Crippen LogP contribution in [0.3, 0.4) is 0 Å². The fraction of sp³-hybridized carbons (Fsp3) is 0.625. The van der Waals surface area contributed by atoms with Gasteiger partial charge in [0.15, 0.2) is 0 Å². The molecule has 106 valence electrons. The van der Waals surface area contributed by atoms with Gasteiger partial charge in [0.05, 0.1) is 6.61 Å². The minimum absolute atomic E-state index is 0.728. The Hall–Kier alpha value is -1.06.